The van der Waals surface area contributed by atoms with Crippen molar-refractivity contribution in [2.75, 3.05) is 0 Å². The molecular formula is C15H16O2. The minimum absolute atomic E-state index is 0.541. The van der Waals surface area contributed by atoms with E-state index in [-0.39, 0.29) is 0 Å². The zero-order valence-electron chi connectivity index (χ0n) is 9.82. The van der Waals surface area contributed by atoms with Gasteiger partial charge in [0.15, 0.2) is 5.79 Å². The third kappa shape index (κ3) is 2.06. The second-order valence-electron chi connectivity index (χ2n) is 4.65. The van der Waals surface area contributed by atoms with Gasteiger partial charge in [0.2, 0.25) is 0 Å². The molecule has 0 bridgehead atoms. The monoisotopic (exact) mass is 228 g/mol. The molecule has 1 aromatic carbocycles. The first kappa shape index (κ1) is 10.8. The number of hydrogen-bond acceptors (Lipinski definition) is 2. The Morgan fingerprint density at radius 1 is 1.06 bits per heavy atom. The minimum atomic E-state index is -0.541. The molecule has 0 fully saturated rings. The Morgan fingerprint density at radius 2 is 1.71 bits per heavy atom. The van der Waals surface area contributed by atoms with Crippen LogP contribution in [0.3, 0.4) is 0 Å². The van der Waals surface area contributed by atoms with Gasteiger partial charge in [-0.1, -0.05) is 42.5 Å². The Labute approximate surface area is 102 Å². The summed E-state index contributed by atoms with van der Waals surface area (Å²) in [5.74, 6) is -0.541. The third-order valence-electron chi connectivity index (χ3n) is 3.43. The number of fused-ring (bicyclic) bond motifs is 1. The van der Waals surface area contributed by atoms with Crippen molar-refractivity contribution in [3.8, 4) is 0 Å². The van der Waals surface area contributed by atoms with Gasteiger partial charge in [0.25, 0.3) is 0 Å². The second-order valence-corrected chi connectivity index (χ2v) is 4.65. The average molecular weight is 228 g/mol. The topological polar surface area (TPSA) is 18.5 Å². The van der Waals surface area contributed by atoms with Crippen LogP contribution in [0.5, 0.6) is 0 Å². The standard InChI is InChI=1S/C15H16O2/c1-12-6-8-15(9-7-12)16-10-13-4-2-3-5-14(13)11-17-15/h2-6,8H,1,7,9-11H2. The molecule has 0 amide bonds. The van der Waals surface area contributed by atoms with Gasteiger partial charge in [-0.2, -0.15) is 0 Å². The fraction of sp³-hybridized carbons (Fsp3) is 0.333. The fourth-order valence-electron chi connectivity index (χ4n) is 2.27. The maximum atomic E-state index is 5.96. The molecule has 1 spiro atoms. The largest absolute Gasteiger partial charge is 0.342 e. The van der Waals surface area contributed by atoms with E-state index < -0.39 is 5.79 Å². The van der Waals surface area contributed by atoms with E-state index in [1.807, 2.05) is 24.3 Å². The van der Waals surface area contributed by atoms with E-state index in [2.05, 4.69) is 18.7 Å². The summed E-state index contributed by atoms with van der Waals surface area (Å²) in [5.41, 5.74) is 3.59. The normalized spacial score (nSPS) is 22.2. The molecule has 2 nitrogen and oxygen atoms in total. The zero-order chi connectivity index (χ0) is 11.7. The maximum Gasteiger partial charge on any atom is 0.189 e. The number of allylic oxidation sites excluding steroid dienone is 2. The van der Waals surface area contributed by atoms with Gasteiger partial charge in [0.05, 0.1) is 13.2 Å². The summed E-state index contributed by atoms with van der Waals surface area (Å²) in [5, 5.41) is 0. The molecule has 2 heteroatoms. The van der Waals surface area contributed by atoms with Gasteiger partial charge in [-0.05, 0) is 23.6 Å². The van der Waals surface area contributed by atoms with Crippen LogP contribution in [0.4, 0.5) is 0 Å². The second kappa shape index (κ2) is 4.13. The Hall–Kier alpha value is -1.38. The van der Waals surface area contributed by atoms with Crippen LogP contribution in [-0.2, 0) is 22.7 Å². The molecule has 0 saturated heterocycles. The lowest BCUT2D eigenvalue weighted by molar-refractivity contribution is -0.215. The third-order valence-corrected chi connectivity index (χ3v) is 3.43. The summed E-state index contributed by atoms with van der Waals surface area (Å²) in [7, 11) is 0. The van der Waals surface area contributed by atoms with Crippen LogP contribution in [0, 0.1) is 0 Å². The molecular weight excluding hydrogens is 212 g/mol. The van der Waals surface area contributed by atoms with Crippen LogP contribution < -0.4 is 0 Å². The van der Waals surface area contributed by atoms with E-state index >= 15 is 0 Å². The van der Waals surface area contributed by atoms with Crippen molar-refractivity contribution < 1.29 is 9.47 Å². The first-order valence-electron chi connectivity index (χ1n) is 5.99. The lowest BCUT2D eigenvalue weighted by atomic mass is 9.98. The van der Waals surface area contributed by atoms with Gasteiger partial charge in [-0.25, -0.2) is 0 Å². The van der Waals surface area contributed by atoms with Crippen LogP contribution in [0.15, 0.2) is 48.6 Å². The summed E-state index contributed by atoms with van der Waals surface area (Å²) in [6.45, 7) is 5.19. The van der Waals surface area contributed by atoms with Gasteiger partial charge in [0, 0.05) is 6.42 Å². The molecule has 0 N–H and O–H groups in total. The molecule has 3 rings (SSSR count). The Kier molecular flexibility index (Phi) is 2.61. The van der Waals surface area contributed by atoms with Crippen LogP contribution in [0.1, 0.15) is 24.0 Å². The van der Waals surface area contributed by atoms with Gasteiger partial charge < -0.3 is 9.47 Å². The van der Waals surface area contributed by atoms with Crippen molar-refractivity contribution >= 4 is 0 Å². The van der Waals surface area contributed by atoms with Gasteiger partial charge in [-0.3, -0.25) is 0 Å². The average Bonchev–Trinajstić information content (AvgIpc) is 2.55. The Bertz CT molecular complexity index is 447. The summed E-state index contributed by atoms with van der Waals surface area (Å²) in [6.07, 6.45) is 5.81. The number of rotatable bonds is 0. The highest BCUT2D eigenvalue weighted by Crippen LogP contribution is 2.34. The van der Waals surface area contributed by atoms with Crippen molar-refractivity contribution in [1.82, 2.24) is 0 Å². The highest BCUT2D eigenvalue weighted by molar-refractivity contribution is 5.28. The molecule has 1 heterocycles. The highest BCUT2D eigenvalue weighted by atomic mass is 16.7. The molecule has 88 valence electrons. The van der Waals surface area contributed by atoms with Crippen molar-refractivity contribution in [3.05, 3.63) is 59.7 Å². The van der Waals surface area contributed by atoms with Gasteiger partial charge in [0.1, 0.15) is 0 Å². The van der Waals surface area contributed by atoms with Crippen molar-refractivity contribution in [1.29, 1.82) is 0 Å². The van der Waals surface area contributed by atoms with Gasteiger partial charge >= 0.3 is 0 Å². The SMILES string of the molecule is C=C1C=CC2(CC1)OCc1ccccc1CO2. The number of hydrogen-bond donors (Lipinski definition) is 0. The molecule has 0 unspecified atom stereocenters. The van der Waals surface area contributed by atoms with Gasteiger partial charge in [-0.15, -0.1) is 0 Å². The predicted octanol–water partition coefficient (Wildman–Crippen LogP) is 3.34. The van der Waals surface area contributed by atoms with Crippen LogP contribution >= 0.6 is 0 Å². The molecule has 1 aliphatic heterocycles. The minimum Gasteiger partial charge on any atom is -0.342 e. The molecule has 1 aliphatic carbocycles. The number of benzene rings is 1. The van der Waals surface area contributed by atoms with Crippen LogP contribution in [0.25, 0.3) is 0 Å². The quantitative estimate of drug-likeness (QED) is 0.678. The number of ether oxygens (including phenoxy) is 2. The summed E-state index contributed by atoms with van der Waals surface area (Å²) >= 11 is 0. The fourth-order valence-corrected chi connectivity index (χ4v) is 2.27. The molecule has 0 atom stereocenters. The first-order valence-corrected chi connectivity index (χ1v) is 5.99. The summed E-state index contributed by atoms with van der Waals surface area (Å²) < 4.78 is 11.9. The zero-order valence-corrected chi connectivity index (χ0v) is 9.82. The molecule has 0 radical (unpaired) electrons. The molecule has 2 aliphatic rings. The Balaban J connectivity index is 1.86. The first-order chi connectivity index (χ1) is 8.27. The maximum absolute atomic E-state index is 5.96. The predicted molar refractivity (Wildman–Crippen MR) is 66.3 cm³/mol. The van der Waals surface area contributed by atoms with Crippen LogP contribution in [0.2, 0.25) is 0 Å². The highest BCUT2D eigenvalue weighted by Gasteiger charge is 2.33. The Morgan fingerprint density at radius 3 is 2.24 bits per heavy atom. The van der Waals surface area contributed by atoms with Crippen molar-refractivity contribution in [2.24, 2.45) is 0 Å². The van der Waals surface area contributed by atoms with E-state index in [9.17, 15) is 0 Å². The van der Waals surface area contributed by atoms with E-state index in [0.717, 1.165) is 18.4 Å². The summed E-state index contributed by atoms with van der Waals surface area (Å²) in [6, 6.07) is 8.28. The molecule has 0 saturated carbocycles. The molecule has 0 aromatic heterocycles. The van der Waals surface area contributed by atoms with E-state index in [0.29, 0.717) is 13.2 Å². The molecule has 17 heavy (non-hydrogen) atoms. The van der Waals surface area contributed by atoms with Crippen LogP contribution in [-0.4, -0.2) is 5.79 Å². The van der Waals surface area contributed by atoms with E-state index in [1.165, 1.54) is 11.1 Å². The molecule has 1 aromatic rings. The lowest BCUT2D eigenvalue weighted by Crippen LogP contribution is -2.33. The van der Waals surface area contributed by atoms with E-state index in [1.54, 1.807) is 0 Å². The van der Waals surface area contributed by atoms with Crippen molar-refractivity contribution in [2.45, 2.75) is 31.8 Å². The van der Waals surface area contributed by atoms with Crippen molar-refractivity contribution in [3.63, 3.8) is 0 Å². The smallest absolute Gasteiger partial charge is 0.189 e. The van der Waals surface area contributed by atoms with E-state index in [4.69, 9.17) is 9.47 Å². The summed E-state index contributed by atoms with van der Waals surface area (Å²) in [4.78, 5) is 0. The lowest BCUT2D eigenvalue weighted by Gasteiger charge is -2.32.